The molecule has 0 radical (unpaired) electrons. The summed E-state index contributed by atoms with van der Waals surface area (Å²) < 4.78 is 41.3. The van der Waals surface area contributed by atoms with Crippen molar-refractivity contribution in [2.75, 3.05) is 0 Å². The van der Waals surface area contributed by atoms with Crippen molar-refractivity contribution in [1.29, 1.82) is 0 Å². The van der Waals surface area contributed by atoms with Gasteiger partial charge < -0.3 is 17.3 Å². The summed E-state index contributed by atoms with van der Waals surface area (Å²) in [6, 6.07) is 2.21. The van der Waals surface area contributed by atoms with Gasteiger partial charge in [0.05, 0.1) is 0 Å². The molecule has 0 unspecified atom stereocenters. The Bertz CT molecular complexity index is 312. The minimum Gasteiger partial charge on any atom is -0.418 e. The topological polar surface area (TPSA) is 3.88 Å². The number of rotatable bonds is 3. The van der Waals surface area contributed by atoms with E-state index in [9.17, 15) is 17.3 Å². The summed E-state index contributed by atoms with van der Waals surface area (Å²) in [6.07, 6.45) is 6.96. The van der Waals surface area contributed by atoms with Crippen molar-refractivity contribution in [3.05, 3.63) is 29.6 Å². The lowest BCUT2D eigenvalue weighted by Gasteiger charge is -1.98. The Balaban J connectivity index is 0.000000437. The van der Waals surface area contributed by atoms with Gasteiger partial charge in [-0.1, -0.05) is 13.3 Å². The normalized spacial score (nSPS) is 10.8. The molecule has 0 aliphatic rings. The van der Waals surface area contributed by atoms with Gasteiger partial charge in [0, 0.05) is 17.5 Å². The minimum absolute atomic E-state index is 1.15. The fraction of sp³-hybridized carbons (Fsp3) is 0.545. The van der Waals surface area contributed by atoms with Crippen molar-refractivity contribution in [3.63, 3.8) is 0 Å². The molecule has 0 fully saturated rings. The standard InChI is InChI=1S/C11H18N.BF4/c1-4-5-6-12-8-10(2)7-11(3)9-12;2-1(3,4)5/h7-9H,4-6H2,1-3H3;/q+1;-1. The molecule has 0 atom stereocenters. The van der Waals surface area contributed by atoms with Crippen molar-refractivity contribution in [2.24, 2.45) is 0 Å². The average Bonchev–Trinajstić information content (AvgIpc) is 2.10. The molecule has 1 nitrogen and oxygen atoms in total. The molecule has 0 aliphatic carbocycles. The molecule has 0 bridgehead atoms. The maximum absolute atomic E-state index is 9.75. The van der Waals surface area contributed by atoms with Crippen molar-refractivity contribution in [1.82, 2.24) is 0 Å². The Kier molecular flexibility index (Phi) is 6.84. The molecule has 1 rings (SSSR count). The van der Waals surface area contributed by atoms with Crippen LogP contribution in [0.25, 0.3) is 0 Å². The first-order valence-electron chi connectivity index (χ1n) is 5.57. The number of aromatic nitrogens is 1. The summed E-state index contributed by atoms with van der Waals surface area (Å²) in [5.74, 6) is 0. The predicted molar refractivity (Wildman–Crippen MR) is 61.2 cm³/mol. The van der Waals surface area contributed by atoms with Gasteiger partial charge in [0.25, 0.3) is 0 Å². The summed E-state index contributed by atoms with van der Waals surface area (Å²) in [7, 11) is -6.00. The molecule has 1 aromatic rings. The van der Waals surface area contributed by atoms with Crippen LogP contribution in [0.15, 0.2) is 18.5 Å². The van der Waals surface area contributed by atoms with E-state index in [0.29, 0.717) is 0 Å². The number of pyridine rings is 1. The average molecular weight is 251 g/mol. The van der Waals surface area contributed by atoms with Crippen LogP contribution < -0.4 is 4.57 Å². The molecular weight excluding hydrogens is 233 g/mol. The molecule has 17 heavy (non-hydrogen) atoms. The number of hydrogen-bond donors (Lipinski definition) is 0. The number of halogens is 4. The van der Waals surface area contributed by atoms with Gasteiger partial charge >= 0.3 is 7.25 Å². The van der Waals surface area contributed by atoms with E-state index in [1.807, 2.05) is 0 Å². The zero-order valence-corrected chi connectivity index (χ0v) is 10.4. The highest BCUT2D eigenvalue weighted by Crippen LogP contribution is 2.06. The Morgan fingerprint density at radius 3 is 1.82 bits per heavy atom. The fourth-order valence-corrected chi connectivity index (χ4v) is 1.46. The summed E-state index contributed by atoms with van der Waals surface area (Å²) in [6.45, 7) is 7.67. The van der Waals surface area contributed by atoms with Gasteiger partial charge in [-0.05, 0) is 19.9 Å². The first-order valence-corrected chi connectivity index (χ1v) is 5.57. The molecule has 1 aromatic heterocycles. The van der Waals surface area contributed by atoms with Crippen LogP contribution in [0.2, 0.25) is 0 Å². The number of nitrogens with zero attached hydrogens (tertiary/aromatic N) is 1. The molecule has 0 spiro atoms. The Morgan fingerprint density at radius 2 is 1.47 bits per heavy atom. The molecule has 0 aromatic carbocycles. The lowest BCUT2D eigenvalue weighted by molar-refractivity contribution is -0.698. The number of hydrogen-bond acceptors (Lipinski definition) is 0. The van der Waals surface area contributed by atoms with Crippen LogP contribution >= 0.6 is 0 Å². The molecule has 0 N–H and O–H groups in total. The van der Waals surface area contributed by atoms with E-state index in [0.717, 1.165) is 6.54 Å². The van der Waals surface area contributed by atoms with Crippen LogP contribution in [0, 0.1) is 13.8 Å². The van der Waals surface area contributed by atoms with Gasteiger partial charge in [0.15, 0.2) is 12.4 Å². The molecule has 0 aliphatic heterocycles. The third-order valence-corrected chi connectivity index (χ3v) is 1.96. The molecular formula is C11H18BF4N. The van der Waals surface area contributed by atoms with Gasteiger partial charge in [-0.3, -0.25) is 0 Å². The maximum Gasteiger partial charge on any atom is 0.673 e. The summed E-state index contributed by atoms with van der Waals surface area (Å²) in [5.41, 5.74) is 2.71. The van der Waals surface area contributed by atoms with E-state index in [4.69, 9.17) is 0 Å². The Morgan fingerprint density at radius 1 is 1.06 bits per heavy atom. The second-order valence-electron chi connectivity index (χ2n) is 3.98. The van der Waals surface area contributed by atoms with Crippen LogP contribution in [-0.2, 0) is 6.54 Å². The zero-order valence-electron chi connectivity index (χ0n) is 10.4. The Hall–Kier alpha value is -1.07. The van der Waals surface area contributed by atoms with E-state index in [1.165, 1.54) is 24.0 Å². The van der Waals surface area contributed by atoms with E-state index in [2.05, 4.69) is 43.8 Å². The smallest absolute Gasteiger partial charge is 0.418 e. The number of aryl methyl sites for hydroxylation is 3. The second kappa shape index (κ2) is 7.30. The van der Waals surface area contributed by atoms with E-state index < -0.39 is 7.25 Å². The van der Waals surface area contributed by atoms with Crippen LogP contribution in [0.1, 0.15) is 30.9 Å². The zero-order chi connectivity index (χ0) is 13.5. The monoisotopic (exact) mass is 251 g/mol. The van der Waals surface area contributed by atoms with E-state index >= 15 is 0 Å². The lowest BCUT2D eigenvalue weighted by Crippen LogP contribution is -2.33. The molecule has 0 saturated heterocycles. The molecule has 6 heteroatoms. The van der Waals surface area contributed by atoms with Crippen LogP contribution in [0.3, 0.4) is 0 Å². The molecule has 0 amide bonds. The first kappa shape index (κ1) is 15.9. The highest BCUT2D eigenvalue weighted by atomic mass is 19.5. The first-order chi connectivity index (χ1) is 7.72. The van der Waals surface area contributed by atoms with Crippen LogP contribution in [-0.4, -0.2) is 7.25 Å². The summed E-state index contributed by atoms with van der Waals surface area (Å²) in [5, 5.41) is 0. The summed E-state index contributed by atoms with van der Waals surface area (Å²) in [4.78, 5) is 0. The van der Waals surface area contributed by atoms with Crippen molar-refractivity contribution in [3.8, 4) is 0 Å². The number of unbranched alkanes of at least 4 members (excludes halogenated alkanes) is 1. The fourth-order valence-electron chi connectivity index (χ4n) is 1.46. The quantitative estimate of drug-likeness (QED) is 0.438. The van der Waals surface area contributed by atoms with Crippen LogP contribution in [0.4, 0.5) is 17.3 Å². The van der Waals surface area contributed by atoms with Crippen molar-refractivity contribution >= 4 is 7.25 Å². The minimum atomic E-state index is -6.00. The molecule has 0 saturated carbocycles. The molecule has 1 heterocycles. The van der Waals surface area contributed by atoms with Crippen molar-refractivity contribution < 1.29 is 21.8 Å². The van der Waals surface area contributed by atoms with Crippen LogP contribution in [0.5, 0.6) is 0 Å². The van der Waals surface area contributed by atoms with Gasteiger partial charge in [0.2, 0.25) is 0 Å². The second-order valence-corrected chi connectivity index (χ2v) is 3.98. The van der Waals surface area contributed by atoms with Gasteiger partial charge in [-0.2, -0.15) is 0 Å². The largest absolute Gasteiger partial charge is 0.673 e. The highest BCUT2D eigenvalue weighted by molar-refractivity contribution is 6.50. The Labute approximate surface area is 99.6 Å². The predicted octanol–water partition coefficient (Wildman–Crippen LogP) is 3.69. The maximum atomic E-state index is 9.75. The lowest BCUT2D eigenvalue weighted by atomic mass is 10.2. The van der Waals surface area contributed by atoms with E-state index in [1.54, 1.807) is 0 Å². The SMILES string of the molecule is CCCC[n+]1cc(C)cc(C)c1.F[B-](F)(F)F. The summed E-state index contributed by atoms with van der Waals surface area (Å²) >= 11 is 0. The third kappa shape index (κ3) is 11.2. The molecule has 98 valence electrons. The van der Waals surface area contributed by atoms with Gasteiger partial charge in [-0.25, -0.2) is 4.57 Å². The van der Waals surface area contributed by atoms with Crippen molar-refractivity contribution in [2.45, 2.75) is 40.2 Å². The van der Waals surface area contributed by atoms with E-state index in [-0.39, 0.29) is 0 Å². The third-order valence-electron chi connectivity index (χ3n) is 1.96. The van der Waals surface area contributed by atoms with Gasteiger partial charge in [0.1, 0.15) is 6.54 Å². The highest BCUT2D eigenvalue weighted by Gasteiger charge is 2.20. The van der Waals surface area contributed by atoms with Gasteiger partial charge in [-0.15, -0.1) is 0 Å².